The van der Waals surface area contributed by atoms with Gasteiger partial charge >= 0.3 is 0 Å². The van der Waals surface area contributed by atoms with Gasteiger partial charge in [-0.25, -0.2) is 13.1 Å². The Morgan fingerprint density at radius 2 is 2.06 bits per heavy atom. The summed E-state index contributed by atoms with van der Waals surface area (Å²) in [6, 6.07) is 2.83. The lowest BCUT2D eigenvalue weighted by molar-refractivity contribution is 0.465. The Balaban J connectivity index is 0.00000289. The Morgan fingerprint density at radius 1 is 1.44 bits per heavy atom. The molecule has 1 aromatic rings. The molecule has 0 aliphatic rings. The summed E-state index contributed by atoms with van der Waals surface area (Å²) < 4.78 is 27.2. The summed E-state index contributed by atoms with van der Waals surface area (Å²) in [6.45, 7) is 4.34. The minimum atomic E-state index is -3.49. The first kappa shape index (κ1) is 18.1. The van der Waals surface area contributed by atoms with E-state index in [1.165, 1.54) is 6.07 Å². The van der Waals surface area contributed by atoms with Gasteiger partial charge in [-0.1, -0.05) is 25.4 Å². The first-order valence-corrected chi connectivity index (χ1v) is 8.00. The van der Waals surface area contributed by atoms with Gasteiger partial charge in [0, 0.05) is 12.6 Å². The van der Waals surface area contributed by atoms with Crippen LogP contribution < -0.4 is 10.5 Å². The van der Waals surface area contributed by atoms with Crippen LogP contribution in [0.1, 0.15) is 20.3 Å². The van der Waals surface area contributed by atoms with Crippen LogP contribution in [-0.2, 0) is 10.0 Å². The molecule has 0 aliphatic carbocycles. The number of halogens is 2. The second kappa shape index (κ2) is 7.67. The van der Waals surface area contributed by atoms with Gasteiger partial charge in [-0.2, -0.15) is 0 Å². The average molecular weight is 333 g/mol. The summed E-state index contributed by atoms with van der Waals surface area (Å²) in [5.41, 5.74) is 5.56. The normalized spacial score (nSPS) is 13.4. The van der Waals surface area contributed by atoms with Crippen LogP contribution in [-0.4, -0.2) is 21.0 Å². The van der Waals surface area contributed by atoms with Crippen molar-refractivity contribution in [2.24, 2.45) is 11.7 Å². The molecule has 0 amide bonds. The molecule has 0 bridgehead atoms. The molecule has 0 aliphatic heterocycles. The predicted molar refractivity (Wildman–Crippen MR) is 79.2 cm³/mol. The largest absolute Gasteiger partial charge is 0.329 e. The molecule has 3 N–H and O–H groups in total. The molecule has 4 nitrogen and oxygen atoms in total. The molecule has 18 heavy (non-hydrogen) atoms. The highest BCUT2D eigenvalue weighted by molar-refractivity contribution is 7.91. The van der Waals surface area contributed by atoms with Crippen LogP contribution in [0.2, 0.25) is 4.34 Å². The number of thiophene rings is 1. The summed E-state index contributed by atoms with van der Waals surface area (Å²) in [5, 5.41) is 0. The second-order valence-corrected chi connectivity index (χ2v) is 7.90. The number of hydrogen-bond acceptors (Lipinski definition) is 4. The van der Waals surface area contributed by atoms with E-state index >= 15 is 0 Å². The van der Waals surface area contributed by atoms with E-state index in [9.17, 15) is 8.42 Å². The molecule has 1 unspecified atom stereocenters. The maximum absolute atomic E-state index is 12.0. The summed E-state index contributed by atoms with van der Waals surface area (Å²) in [7, 11) is -3.49. The smallest absolute Gasteiger partial charge is 0.250 e. The Bertz CT molecular complexity index is 460. The quantitative estimate of drug-likeness (QED) is 0.840. The first-order chi connectivity index (χ1) is 7.85. The molecule has 0 radical (unpaired) electrons. The predicted octanol–water partition coefficient (Wildman–Crippen LogP) is 2.48. The number of rotatable bonds is 6. The van der Waals surface area contributed by atoms with Crippen LogP contribution in [0.3, 0.4) is 0 Å². The van der Waals surface area contributed by atoms with Crippen molar-refractivity contribution in [3.05, 3.63) is 16.5 Å². The fourth-order valence-corrected chi connectivity index (χ4v) is 4.24. The SMILES string of the molecule is CC(C)CC(CN)NS(=O)(=O)c1ccc(Cl)s1.Cl. The van der Waals surface area contributed by atoms with E-state index in [4.69, 9.17) is 17.3 Å². The van der Waals surface area contributed by atoms with E-state index in [0.717, 1.165) is 17.8 Å². The van der Waals surface area contributed by atoms with Gasteiger partial charge in [-0.3, -0.25) is 0 Å². The summed E-state index contributed by atoms with van der Waals surface area (Å²) in [5.74, 6) is 0.387. The Labute approximate surface area is 123 Å². The molecule has 1 aromatic heterocycles. The van der Waals surface area contributed by atoms with Gasteiger partial charge in [-0.05, 0) is 24.5 Å². The van der Waals surface area contributed by atoms with Gasteiger partial charge in [0.2, 0.25) is 10.0 Å². The van der Waals surface area contributed by atoms with E-state index in [0.29, 0.717) is 10.3 Å². The van der Waals surface area contributed by atoms with E-state index in [1.54, 1.807) is 6.07 Å². The van der Waals surface area contributed by atoms with Crippen molar-refractivity contribution in [3.8, 4) is 0 Å². The second-order valence-electron chi connectivity index (χ2n) is 4.24. The maximum atomic E-state index is 12.0. The highest BCUT2D eigenvalue weighted by atomic mass is 35.5. The van der Waals surface area contributed by atoms with Crippen molar-refractivity contribution in [2.75, 3.05) is 6.54 Å². The number of nitrogens with one attached hydrogen (secondary N) is 1. The van der Waals surface area contributed by atoms with Gasteiger partial charge in [0.1, 0.15) is 4.21 Å². The van der Waals surface area contributed by atoms with Crippen LogP contribution in [0.25, 0.3) is 0 Å². The third-order valence-corrected chi connectivity index (χ3v) is 5.42. The zero-order chi connectivity index (χ0) is 13.1. The van der Waals surface area contributed by atoms with Crippen molar-refractivity contribution >= 4 is 45.4 Å². The number of sulfonamides is 1. The molecule has 1 heterocycles. The van der Waals surface area contributed by atoms with Crippen LogP contribution in [0.15, 0.2) is 16.3 Å². The molecule has 0 saturated heterocycles. The molecule has 1 rings (SSSR count). The lowest BCUT2D eigenvalue weighted by Crippen LogP contribution is -2.40. The lowest BCUT2D eigenvalue weighted by Gasteiger charge is -2.18. The third kappa shape index (κ3) is 5.42. The molecule has 106 valence electrons. The van der Waals surface area contributed by atoms with Gasteiger partial charge < -0.3 is 5.73 Å². The minimum absolute atomic E-state index is 0. The number of hydrogen-bond donors (Lipinski definition) is 2. The summed E-state index contributed by atoms with van der Waals surface area (Å²) >= 11 is 6.76. The van der Waals surface area contributed by atoms with Crippen molar-refractivity contribution in [1.29, 1.82) is 0 Å². The van der Waals surface area contributed by atoms with Gasteiger partial charge in [-0.15, -0.1) is 23.7 Å². The Morgan fingerprint density at radius 3 is 2.44 bits per heavy atom. The van der Waals surface area contributed by atoms with Gasteiger partial charge in [0.15, 0.2) is 0 Å². The van der Waals surface area contributed by atoms with Crippen LogP contribution in [0.4, 0.5) is 0 Å². The summed E-state index contributed by atoms with van der Waals surface area (Å²) in [6.07, 6.45) is 0.717. The number of nitrogens with two attached hydrogens (primary N) is 1. The standard InChI is InChI=1S/C10H17ClN2O2S2.ClH/c1-7(2)5-8(6-12)13-17(14,15)10-4-3-9(11)16-10;/h3-4,7-8,13H,5-6,12H2,1-2H3;1H. The third-order valence-electron chi connectivity index (χ3n) is 2.18. The molecular formula is C10H18Cl2N2O2S2. The molecule has 0 fully saturated rings. The highest BCUT2D eigenvalue weighted by Crippen LogP contribution is 2.25. The topological polar surface area (TPSA) is 72.2 Å². The Hall–Kier alpha value is 0.150. The zero-order valence-electron chi connectivity index (χ0n) is 10.2. The highest BCUT2D eigenvalue weighted by Gasteiger charge is 2.21. The van der Waals surface area contributed by atoms with E-state index < -0.39 is 10.0 Å². The minimum Gasteiger partial charge on any atom is -0.329 e. The van der Waals surface area contributed by atoms with E-state index in [-0.39, 0.29) is 29.2 Å². The van der Waals surface area contributed by atoms with Gasteiger partial charge in [0.25, 0.3) is 0 Å². The van der Waals surface area contributed by atoms with Crippen molar-refractivity contribution in [2.45, 2.75) is 30.5 Å². The molecule has 0 saturated carbocycles. The van der Waals surface area contributed by atoms with E-state index in [1.807, 2.05) is 13.8 Å². The van der Waals surface area contributed by atoms with Crippen molar-refractivity contribution in [3.63, 3.8) is 0 Å². The maximum Gasteiger partial charge on any atom is 0.250 e. The van der Waals surface area contributed by atoms with Crippen molar-refractivity contribution < 1.29 is 8.42 Å². The first-order valence-electron chi connectivity index (χ1n) is 5.33. The molecule has 1 atom stereocenters. The van der Waals surface area contributed by atoms with Crippen LogP contribution in [0.5, 0.6) is 0 Å². The van der Waals surface area contributed by atoms with Gasteiger partial charge in [0.05, 0.1) is 4.34 Å². The molecule has 0 aromatic carbocycles. The zero-order valence-corrected chi connectivity index (χ0v) is 13.4. The van der Waals surface area contributed by atoms with Crippen LogP contribution in [0, 0.1) is 5.92 Å². The van der Waals surface area contributed by atoms with E-state index in [2.05, 4.69) is 4.72 Å². The fraction of sp³-hybridized carbons (Fsp3) is 0.600. The summed E-state index contributed by atoms with van der Waals surface area (Å²) in [4.78, 5) is 0. The van der Waals surface area contributed by atoms with Crippen LogP contribution >= 0.6 is 35.3 Å². The molecule has 8 heteroatoms. The molecule has 0 spiro atoms. The fourth-order valence-electron chi connectivity index (χ4n) is 1.48. The molecular weight excluding hydrogens is 315 g/mol. The average Bonchev–Trinajstić information content (AvgIpc) is 2.63. The van der Waals surface area contributed by atoms with Crippen molar-refractivity contribution in [1.82, 2.24) is 4.72 Å². The monoisotopic (exact) mass is 332 g/mol. The Kier molecular flexibility index (Phi) is 7.73. The lowest BCUT2D eigenvalue weighted by atomic mass is 10.1.